The first-order valence-corrected chi connectivity index (χ1v) is 10.1. The van der Waals surface area contributed by atoms with E-state index in [1.807, 2.05) is 12.4 Å². The average Bonchev–Trinajstić information content (AvgIpc) is 3.23. The van der Waals surface area contributed by atoms with Gasteiger partial charge in [-0.3, -0.25) is 9.88 Å². The molecule has 1 atom stereocenters. The molecule has 1 unspecified atom stereocenters. The van der Waals surface area contributed by atoms with E-state index < -0.39 is 0 Å². The molecule has 1 aliphatic heterocycles. The highest BCUT2D eigenvalue weighted by Gasteiger charge is 2.21. The summed E-state index contributed by atoms with van der Waals surface area (Å²) in [4.78, 5) is 18.0. The Morgan fingerprint density at radius 2 is 2.00 bits per heavy atom. The summed E-state index contributed by atoms with van der Waals surface area (Å²) in [5.41, 5.74) is 1.46. The monoisotopic (exact) mass is 355 g/mol. The molecule has 25 heavy (non-hydrogen) atoms. The number of piperazine rings is 1. The molecule has 1 aliphatic carbocycles. The van der Waals surface area contributed by atoms with Gasteiger partial charge in [0.1, 0.15) is 10.8 Å². The molecule has 0 aromatic carbocycles. The lowest BCUT2D eigenvalue weighted by atomic mass is 9.87. The van der Waals surface area contributed by atoms with Gasteiger partial charge in [-0.25, -0.2) is 9.97 Å². The zero-order valence-corrected chi connectivity index (χ0v) is 15.4. The second kappa shape index (κ2) is 8.06. The van der Waals surface area contributed by atoms with Gasteiger partial charge in [-0.05, 0) is 43.7 Å². The summed E-state index contributed by atoms with van der Waals surface area (Å²) in [7, 11) is 0. The minimum atomic E-state index is 0.835. The lowest BCUT2D eigenvalue weighted by molar-refractivity contribution is 0.234. The van der Waals surface area contributed by atoms with Gasteiger partial charge in [0.05, 0.1) is 6.20 Å². The van der Waals surface area contributed by atoms with Crippen molar-refractivity contribution >= 4 is 22.7 Å². The Morgan fingerprint density at radius 3 is 2.68 bits per heavy atom. The topological polar surface area (TPSA) is 45.2 Å². The van der Waals surface area contributed by atoms with Crippen LogP contribution in [0, 0.1) is 5.92 Å². The van der Waals surface area contributed by atoms with Crippen molar-refractivity contribution < 1.29 is 0 Å². The zero-order valence-electron chi connectivity index (χ0n) is 14.5. The molecule has 4 rings (SSSR count). The van der Waals surface area contributed by atoms with Gasteiger partial charge in [0.2, 0.25) is 0 Å². The normalized spacial score (nSPS) is 22.0. The summed E-state index contributed by atoms with van der Waals surface area (Å²) in [6.07, 6.45) is 14.7. The van der Waals surface area contributed by atoms with Crippen LogP contribution in [-0.2, 0) is 0 Å². The smallest absolute Gasteiger partial charge is 0.147 e. The Kier molecular flexibility index (Phi) is 5.37. The Labute approximate surface area is 153 Å². The van der Waals surface area contributed by atoms with Gasteiger partial charge in [-0.2, -0.15) is 0 Å². The first-order valence-electron chi connectivity index (χ1n) is 9.21. The van der Waals surface area contributed by atoms with Crippen LogP contribution in [0.25, 0.3) is 5.57 Å². The predicted molar refractivity (Wildman–Crippen MR) is 103 cm³/mol. The summed E-state index contributed by atoms with van der Waals surface area (Å²) in [6.45, 7) is 5.58. The van der Waals surface area contributed by atoms with Gasteiger partial charge in [-0.15, -0.1) is 11.3 Å². The van der Waals surface area contributed by atoms with Crippen molar-refractivity contribution in [1.82, 2.24) is 19.9 Å². The second-order valence-corrected chi connectivity index (χ2v) is 7.78. The minimum Gasteiger partial charge on any atom is -0.353 e. The predicted octanol–water partition coefficient (Wildman–Crippen LogP) is 3.33. The first kappa shape index (κ1) is 16.7. The lowest BCUT2D eigenvalue weighted by Crippen LogP contribution is -2.47. The quantitative estimate of drug-likeness (QED) is 0.823. The van der Waals surface area contributed by atoms with E-state index >= 15 is 0 Å². The maximum atomic E-state index is 4.44. The SMILES string of the molecule is C1=C(c2nccs2)CCC(CCN2CCN(c3cnccn3)CC2)C1. The molecular formula is C19H25N5S. The van der Waals surface area contributed by atoms with Crippen molar-refractivity contribution in [1.29, 1.82) is 0 Å². The summed E-state index contributed by atoms with van der Waals surface area (Å²) in [5, 5.41) is 3.29. The van der Waals surface area contributed by atoms with E-state index in [4.69, 9.17) is 0 Å². The van der Waals surface area contributed by atoms with Gasteiger partial charge in [-0.1, -0.05) is 6.08 Å². The highest BCUT2D eigenvalue weighted by molar-refractivity contribution is 7.10. The molecule has 0 N–H and O–H groups in total. The molecule has 2 aliphatic rings. The van der Waals surface area contributed by atoms with Crippen LogP contribution in [0.15, 0.2) is 36.2 Å². The number of thiazole rings is 1. The molecule has 5 nitrogen and oxygen atoms in total. The fourth-order valence-corrected chi connectivity index (χ4v) is 4.46. The standard InChI is InChI=1S/C19H25N5S/c1-3-17(19-22-8-14-25-19)4-2-16(1)5-9-23-10-12-24(13-11-23)18-15-20-6-7-21-18/h3,6-8,14-16H,1-2,4-5,9-13H2. The van der Waals surface area contributed by atoms with E-state index in [0.29, 0.717) is 0 Å². The molecule has 2 aromatic heterocycles. The van der Waals surface area contributed by atoms with E-state index in [1.165, 1.54) is 42.8 Å². The van der Waals surface area contributed by atoms with E-state index in [9.17, 15) is 0 Å². The molecule has 132 valence electrons. The third-order valence-electron chi connectivity index (χ3n) is 5.33. The van der Waals surface area contributed by atoms with Crippen molar-refractivity contribution in [2.24, 2.45) is 5.92 Å². The number of aromatic nitrogens is 3. The molecular weight excluding hydrogens is 330 g/mol. The van der Waals surface area contributed by atoms with Gasteiger partial charge < -0.3 is 4.90 Å². The number of hydrogen-bond donors (Lipinski definition) is 0. The molecule has 0 saturated carbocycles. The van der Waals surface area contributed by atoms with Crippen LogP contribution in [0.4, 0.5) is 5.82 Å². The number of allylic oxidation sites excluding steroid dienone is 2. The molecule has 0 spiro atoms. The summed E-state index contributed by atoms with van der Waals surface area (Å²) >= 11 is 1.76. The third kappa shape index (κ3) is 4.25. The highest BCUT2D eigenvalue weighted by Crippen LogP contribution is 2.32. The minimum absolute atomic E-state index is 0.835. The Hall–Kier alpha value is -1.79. The first-order chi connectivity index (χ1) is 12.4. The number of anilines is 1. The fourth-order valence-electron chi connectivity index (χ4n) is 3.75. The summed E-state index contributed by atoms with van der Waals surface area (Å²) in [6, 6.07) is 0. The Morgan fingerprint density at radius 1 is 1.08 bits per heavy atom. The maximum absolute atomic E-state index is 4.44. The molecule has 0 radical (unpaired) electrons. The fraction of sp³-hybridized carbons (Fsp3) is 0.526. The van der Waals surface area contributed by atoms with Crippen molar-refractivity contribution in [3.63, 3.8) is 0 Å². The summed E-state index contributed by atoms with van der Waals surface area (Å²) < 4.78 is 0. The largest absolute Gasteiger partial charge is 0.353 e. The van der Waals surface area contributed by atoms with E-state index in [-0.39, 0.29) is 0 Å². The molecule has 6 heteroatoms. The molecule has 3 heterocycles. The van der Waals surface area contributed by atoms with Gasteiger partial charge in [0.25, 0.3) is 0 Å². The van der Waals surface area contributed by atoms with Crippen LogP contribution in [0.5, 0.6) is 0 Å². The second-order valence-electron chi connectivity index (χ2n) is 6.89. The van der Waals surface area contributed by atoms with Gasteiger partial charge >= 0.3 is 0 Å². The molecule has 0 amide bonds. The van der Waals surface area contributed by atoms with Crippen molar-refractivity contribution in [3.8, 4) is 0 Å². The van der Waals surface area contributed by atoms with E-state index in [0.717, 1.165) is 37.9 Å². The number of rotatable bonds is 5. The van der Waals surface area contributed by atoms with E-state index in [2.05, 4.69) is 36.2 Å². The van der Waals surface area contributed by atoms with Crippen LogP contribution in [-0.4, -0.2) is 52.6 Å². The Balaban J connectivity index is 1.20. The number of hydrogen-bond acceptors (Lipinski definition) is 6. The van der Waals surface area contributed by atoms with Crippen molar-refractivity contribution in [2.45, 2.75) is 25.7 Å². The highest BCUT2D eigenvalue weighted by atomic mass is 32.1. The molecule has 2 aromatic rings. The van der Waals surface area contributed by atoms with Crippen LogP contribution in [0.1, 0.15) is 30.7 Å². The summed E-state index contributed by atoms with van der Waals surface area (Å²) in [5.74, 6) is 1.84. The molecule has 0 bridgehead atoms. The maximum Gasteiger partial charge on any atom is 0.147 e. The van der Waals surface area contributed by atoms with Crippen LogP contribution < -0.4 is 4.90 Å². The number of nitrogens with zero attached hydrogens (tertiary/aromatic N) is 5. The lowest BCUT2D eigenvalue weighted by Gasteiger charge is -2.36. The zero-order chi connectivity index (χ0) is 16.9. The molecule has 1 fully saturated rings. The van der Waals surface area contributed by atoms with Crippen LogP contribution in [0.3, 0.4) is 0 Å². The van der Waals surface area contributed by atoms with Crippen LogP contribution >= 0.6 is 11.3 Å². The Bertz CT molecular complexity index is 677. The van der Waals surface area contributed by atoms with E-state index in [1.54, 1.807) is 23.7 Å². The van der Waals surface area contributed by atoms with Crippen LogP contribution in [0.2, 0.25) is 0 Å². The van der Waals surface area contributed by atoms with Crippen molar-refractivity contribution in [2.75, 3.05) is 37.6 Å². The third-order valence-corrected chi connectivity index (χ3v) is 6.17. The average molecular weight is 356 g/mol. The van der Waals surface area contributed by atoms with Gasteiger partial charge in [0.15, 0.2) is 0 Å². The van der Waals surface area contributed by atoms with Gasteiger partial charge in [0, 0.05) is 50.1 Å². The van der Waals surface area contributed by atoms with Crippen molar-refractivity contribution in [3.05, 3.63) is 41.3 Å². The molecule has 1 saturated heterocycles.